The van der Waals surface area contributed by atoms with Crippen LogP contribution in [0.2, 0.25) is 0 Å². The molecule has 2 heteroatoms. The molecule has 1 nitrogen and oxygen atoms in total. The zero-order valence-corrected chi connectivity index (χ0v) is 13.8. The normalized spacial score (nSPS) is 14.4. The fourth-order valence-corrected chi connectivity index (χ4v) is 3.04. The van der Waals surface area contributed by atoms with E-state index in [-0.39, 0.29) is 11.4 Å². The lowest BCUT2D eigenvalue weighted by Gasteiger charge is -2.29. The van der Waals surface area contributed by atoms with Crippen molar-refractivity contribution in [3.05, 3.63) is 23.8 Å². The summed E-state index contributed by atoms with van der Waals surface area (Å²) in [6, 6.07) is 1.98. The van der Waals surface area contributed by atoms with E-state index in [2.05, 4.69) is 20.8 Å². The lowest BCUT2D eigenvalue weighted by atomic mass is 9.75. The van der Waals surface area contributed by atoms with E-state index < -0.39 is 0 Å². The van der Waals surface area contributed by atoms with Gasteiger partial charge < -0.3 is 4.57 Å². The van der Waals surface area contributed by atoms with E-state index in [4.69, 9.17) is 0 Å². The summed E-state index contributed by atoms with van der Waals surface area (Å²) in [6.45, 7) is 6.70. The smallest absolute Gasteiger partial charge is 0.197 e. The summed E-state index contributed by atoms with van der Waals surface area (Å²) >= 11 is 0. The van der Waals surface area contributed by atoms with Crippen LogP contribution in [-0.4, -0.2) is 4.57 Å². The predicted molar refractivity (Wildman–Crippen MR) is 85.6 cm³/mol. The molecule has 116 valence electrons. The van der Waals surface area contributed by atoms with E-state index in [1.165, 1.54) is 44.9 Å². The van der Waals surface area contributed by atoms with Crippen molar-refractivity contribution in [3.63, 3.8) is 0 Å². The summed E-state index contributed by atoms with van der Waals surface area (Å²) in [7, 11) is 1.79. The van der Waals surface area contributed by atoms with Crippen LogP contribution in [0.25, 0.3) is 0 Å². The molecule has 20 heavy (non-hydrogen) atoms. The molecule has 1 aromatic heterocycles. The van der Waals surface area contributed by atoms with Crippen LogP contribution in [0.15, 0.2) is 12.3 Å². The van der Waals surface area contributed by atoms with Crippen LogP contribution < -0.4 is 0 Å². The summed E-state index contributed by atoms with van der Waals surface area (Å²) in [6.07, 6.45) is 12.8. The maximum atomic E-state index is 14.3. The SMILES string of the molecule is CCCCCCCC(C)(CCCC)c1ccn(C)c1F. The Morgan fingerprint density at radius 1 is 1.00 bits per heavy atom. The molecule has 0 aliphatic rings. The van der Waals surface area contributed by atoms with E-state index in [1.807, 2.05) is 12.3 Å². The minimum atomic E-state index is -0.0443. The largest absolute Gasteiger partial charge is 0.328 e. The Balaban J connectivity index is 2.68. The second-order valence-electron chi connectivity index (χ2n) is 6.46. The number of halogens is 1. The van der Waals surface area contributed by atoms with Crippen molar-refractivity contribution in [1.82, 2.24) is 4.57 Å². The van der Waals surface area contributed by atoms with Gasteiger partial charge in [0.05, 0.1) is 0 Å². The van der Waals surface area contributed by atoms with Crippen LogP contribution in [0.1, 0.15) is 84.1 Å². The zero-order valence-electron chi connectivity index (χ0n) is 13.8. The van der Waals surface area contributed by atoms with Gasteiger partial charge in [-0.1, -0.05) is 65.7 Å². The first-order chi connectivity index (χ1) is 9.55. The fourth-order valence-electron chi connectivity index (χ4n) is 3.04. The average Bonchev–Trinajstić information content (AvgIpc) is 2.77. The molecule has 1 aromatic rings. The third kappa shape index (κ3) is 4.64. The molecule has 0 radical (unpaired) electrons. The van der Waals surface area contributed by atoms with Crippen LogP contribution in [0.3, 0.4) is 0 Å². The quantitative estimate of drug-likeness (QED) is 0.465. The minimum absolute atomic E-state index is 0.00751. The number of nitrogens with zero attached hydrogens (tertiary/aromatic N) is 1. The molecule has 0 aliphatic heterocycles. The van der Waals surface area contributed by atoms with E-state index in [0.717, 1.165) is 18.4 Å². The van der Waals surface area contributed by atoms with Gasteiger partial charge in [0, 0.05) is 18.8 Å². The van der Waals surface area contributed by atoms with Gasteiger partial charge in [0.15, 0.2) is 5.95 Å². The van der Waals surface area contributed by atoms with Gasteiger partial charge in [-0.05, 0) is 24.3 Å². The number of aromatic nitrogens is 1. The van der Waals surface area contributed by atoms with Gasteiger partial charge in [0.1, 0.15) is 0 Å². The van der Waals surface area contributed by atoms with Crippen LogP contribution in [0.5, 0.6) is 0 Å². The first-order valence-electron chi connectivity index (χ1n) is 8.36. The molecule has 0 saturated heterocycles. The Morgan fingerprint density at radius 3 is 2.15 bits per heavy atom. The molecule has 1 atom stereocenters. The summed E-state index contributed by atoms with van der Waals surface area (Å²) in [5.74, 6) is -0.0443. The molecule has 0 saturated carbocycles. The molecule has 1 rings (SSSR count). The summed E-state index contributed by atoms with van der Waals surface area (Å²) in [5.41, 5.74) is 0.928. The Bertz CT molecular complexity index is 383. The van der Waals surface area contributed by atoms with Gasteiger partial charge in [-0.3, -0.25) is 0 Å². The molecule has 1 heterocycles. The van der Waals surface area contributed by atoms with Crippen LogP contribution >= 0.6 is 0 Å². The van der Waals surface area contributed by atoms with Crippen molar-refractivity contribution in [1.29, 1.82) is 0 Å². The van der Waals surface area contributed by atoms with Gasteiger partial charge >= 0.3 is 0 Å². The summed E-state index contributed by atoms with van der Waals surface area (Å²) in [5, 5.41) is 0. The molecule has 0 bridgehead atoms. The predicted octanol–water partition coefficient (Wildman–Crippen LogP) is 5.97. The maximum Gasteiger partial charge on any atom is 0.197 e. The lowest BCUT2D eigenvalue weighted by Crippen LogP contribution is -2.23. The second kappa shape index (κ2) is 8.49. The van der Waals surface area contributed by atoms with Gasteiger partial charge in [-0.15, -0.1) is 0 Å². The molecule has 0 N–H and O–H groups in total. The Hall–Kier alpha value is -0.790. The number of aryl methyl sites for hydroxylation is 1. The molecule has 0 aromatic carbocycles. The Kier molecular flexibility index (Phi) is 7.32. The van der Waals surface area contributed by atoms with Crippen LogP contribution in [-0.2, 0) is 12.5 Å². The fraction of sp³-hybridized carbons (Fsp3) is 0.778. The van der Waals surface area contributed by atoms with E-state index in [1.54, 1.807) is 11.6 Å². The highest BCUT2D eigenvalue weighted by molar-refractivity contribution is 5.23. The molecular formula is C18H32FN. The van der Waals surface area contributed by atoms with Crippen molar-refractivity contribution in [2.75, 3.05) is 0 Å². The van der Waals surface area contributed by atoms with Crippen molar-refractivity contribution in [2.45, 2.75) is 84.0 Å². The molecule has 0 aliphatic carbocycles. The number of unbranched alkanes of at least 4 members (excludes halogenated alkanes) is 5. The second-order valence-corrected chi connectivity index (χ2v) is 6.46. The number of hydrogen-bond acceptors (Lipinski definition) is 0. The first-order valence-corrected chi connectivity index (χ1v) is 8.36. The maximum absolute atomic E-state index is 14.3. The average molecular weight is 281 g/mol. The first kappa shape index (κ1) is 17.3. The minimum Gasteiger partial charge on any atom is -0.328 e. The van der Waals surface area contributed by atoms with Crippen LogP contribution in [0, 0.1) is 5.95 Å². The third-order valence-electron chi connectivity index (χ3n) is 4.56. The zero-order chi connectivity index (χ0) is 15.0. The highest BCUT2D eigenvalue weighted by Crippen LogP contribution is 2.36. The van der Waals surface area contributed by atoms with Gasteiger partial charge in [0.25, 0.3) is 0 Å². The summed E-state index contributed by atoms with van der Waals surface area (Å²) < 4.78 is 15.9. The molecule has 1 unspecified atom stereocenters. The molecule has 0 fully saturated rings. The van der Waals surface area contributed by atoms with Crippen molar-refractivity contribution in [3.8, 4) is 0 Å². The molecular weight excluding hydrogens is 249 g/mol. The van der Waals surface area contributed by atoms with Crippen molar-refractivity contribution < 1.29 is 4.39 Å². The standard InChI is InChI=1S/C18H32FN/c1-5-7-9-10-11-14-18(3,13-8-6-2)16-12-15-20(4)17(16)19/h12,15H,5-11,13-14H2,1-4H3. The van der Waals surface area contributed by atoms with Crippen molar-refractivity contribution in [2.24, 2.45) is 7.05 Å². The lowest BCUT2D eigenvalue weighted by molar-refractivity contribution is 0.349. The van der Waals surface area contributed by atoms with E-state index >= 15 is 0 Å². The number of rotatable bonds is 10. The summed E-state index contributed by atoms with van der Waals surface area (Å²) in [4.78, 5) is 0. The number of hydrogen-bond donors (Lipinski definition) is 0. The Labute approximate surface area is 124 Å². The van der Waals surface area contributed by atoms with Crippen molar-refractivity contribution >= 4 is 0 Å². The molecule has 0 amide bonds. The van der Waals surface area contributed by atoms with Gasteiger partial charge in [-0.25, -0.2) is 0 Å². The molecule has 0 spiro atoms. The van der Waals surface area contributed by atoms with Crippen LogP contribution in [0.4, 0.5) is 4.39 Å². The van der Waals surface area contributed by atoms with E-state index in [9.17, 15) is 4.39 Å². The topological polar surface area (TPSA) is 4.93 Å². The van der Waals surface area contributed by atoms with E-state index in [0.29, 0.717) is 0 Å². The Morgan fingerprint density at radius 2 is 1.60 bits per heavy atom. The highest BCUT2D eigenvalue weighted by atomic mass is 19.1. The van der Waals surface area contributed by atoms with Gasteiger partial charge in [0.2, 0.25) is 0 Å². The highest BCUT2D eigenvalue weighted by Gasteiger charge is 2.29. The monoisotopic (exact) mass is 281 g/mol. The van der Waals surface area contributed by atoms with Gasteiger partial charge in [-0.2, -0.15) is 4.39 Å². The third-order valence-corrected chi connectivity index (χ3v) is 4.56.